The van der Waals surface area contributed by atoms with Crippen molar-refractivity contribution in [2.45, 2.75) is 54.0 Å². The highest BCUT2D eigenvalue weighted by Gasteiger charge is 2.17. The average molecular weight is 467 g/mol. The molecule has 3 rings (SSSR count). The fourth-order valence-corrected chi connectivity index (χ4v) is 3.70. The molecule has 0 bridgehead atoms. The molecule has 174 valence electrons. The number of nitrogens with zero attached hydrogens (tertiary/aromatic N) is 2. The molecule has 6 nitrogen and oxygen atoms in total. The average Bonchev–Trinajstić information content (AvgIpc) is 3.07. The molecule has 1 heterocycles. The summed E-state index contributed by atoms with van der Waals surface area (Å²) in [5, 5.41) is 11.2. The van der Waals surface area contributed by atoms with E-state index in [9.17, 15) is 9.59 Å². The van der Waals surface area contributed by atoms with Crippen molar-refractivity contribution < 1.29 is 9.59 Å². The van der Waals surface area contributed by atoms with Crippen LogP contribution in [0.5, 0.6) is 0 Å². The second-order valence-corrected chi connectivity index (χ2v) is 8.85. The van der Waals surface area contributed by atoms with Gasteiger partial charge in [0, 0.05) is 34.4 Å². The minimum absolute atomic E-state index is 0.00323. The Morgan fingerprint density at radius 2 is 1.88 bits per heavy atom. The smallest absolute Gasteiger partial charge is 0.227 e. The number of hydrogen-bond donors (Lipinski definition) is 2. The molecule has 2 aromatic carbocycles. The molecule has 0 aliphatic heterocycles. The maximum absolute atomic E-state index is 12.7. The minimum Gasteiger partial charge on any atom is -0.352 e. The van der Waals surface area contributed by atoms with Gasteiger partial charge < -0.3 is 10.6 Å². The summed E-state index contributed by atoms with van der Waals surface area (Å²) in [5.74, 6) is -0.134. The van der Waals surface area contributed by atoms with Crippen LogP contribution < -0.4 is 10.6 Å². The molecule has 0 saturated heterocycles. The first-order valence-electron chi connectivity index (χ1n) is 11.2. The van der Waals surface area contributed by atoms with Gasteiger partial charge in [-0.25, -0.2) is 4.68 Å². The zero-order valence-corrected chi connectivity index (χ0v) is 20.6. The Hall–Kier alpha value is -3.12. The summed E-state index contributed by atoms with van der Waals surface area (Å²) in [6.07, 6.45) is 1.02. The molecule has 1 atom stereocenters. The number of benzene rings is 2. The van der Waals surface area contributed by atoms with Crippen molar-refractivity contribution in [3.63, 3.8) is 0 Å². The second-order valence-electron chi connectivity index (χ2n) is 8.45. The monoisotopic (exact) mass is 466 g/mol. The molecular formula is C26H31ClN4O2. The standard InChI is InChI=1S/C26H31ClN4O2/c1-6-16(2)26(33)29-21-9-7-8-20(12-21)15-28-25(32)14-23-18(4)30-31(19(23)5)22-11-10-17(3)24(27)13-22/h7-13,16H,6,14-15H2,1-5H3,(H,28,32)(H,29,33). The number of carbonyl (C=O) groups is 2. The third-order valence-corrected chi connectivity index (χ3v) is 6.33. The minimum atomic E-state index is -0.0864. The van der Waals surface area contributed by atoms with Crippen LogP contribution in [0, 0.1) is 26.7 Å². The fraction of sp³-hybridized carbons (Fsp3) is 0.346. The number of halogens is 1. The molecule has 3 aromatic rings. The van der Waals surface area contributed by atoms with E-state index in [4.69, 9.17) is 11.6 Å². The Labute approximate surface area is 200 Å². The van der Waals surface area contributed by atoms with Gasteiger partial charge in [0.1, 0.15) is 0 Å². The molecule has 7 heteroatoms. The normalized spacial score (nSPS) is 11.8. The first-order valence-corrected chi connectivity index (χ1v) is 11.6. The summed E-state index contributed by atoms with van der Waals surface area (Å²) >= 11 is 6.28. The summed E-state index contributed by atoms with van der Waals surface area (Å²) in [5.41, 5.74) is 6.16. The van der Waals surface area contributed by atoms with E-state index in [1.54, 1.807) is 0 Å². The highest BCUT2D eigenvalue weighted by molar-refractivity contribution is 6.31. The zero-order chi connectivity index (χ0) is 24.1. The molecule has 1 aromatic heterocycles. The summed E-state index contributed by atoms with van der Waals surface area (Å²) in [4.78, 5) is 24.8. The molecule has 0 fully saturated rings. The van der Waals surface area contributed by atoms with Gasteiger partial charge in [0.2, 0.25) is 11.8 Å². The topological polar surface area (TPSA) is 76.0 Å². The lowest BCUT2D eigenvalue weighted by Crippen LogP contribution is -2.25. The third kappa shape index (κ3) is 6.02. The molecular weight excluding hydrogens is 436 g/mol. The van der Waals surface area contributed by atoms with Crippen molar-refractivity contribution in [1.29, 1.82) is 0 Å². The van der Waals surface area contributed by atoms with Crippen LogP contribution in [0.3, 0.4) is 0 Å². The maximum atomic E-state index is 12.7. The Morgan fingerprint density at radius 3 is 2.58 bits per heavy atom. The van der Waals surface area contributed by atoms with E-state index in [1.165, 1.54) is 0 Å². The first kappa shape index (κ1) is 24.5. The molecule has 1 unspecified atom stereocenters. The van der Waals surface area contributed by atoms with Crippen molar-refractivity contribution in [1.82, 2.24) is 15.1 Å². The number of anilines is 1. The van der Waals surface area contributed by atoms with Gasteiger partial charge in [0.15, 0.2) is 0 Å². The van der Waals surface area contributed by atoms with Crippen LogP contribution in [0.4, 0.5) is 5.69 Å². The lowest BCUT2D eigenvalue weighted by molar-refractivity contribution is -0.121. The van der Waals surface area contributed by atoms with Gasteiger partial charge in [-0.2, -0.15) is 5.10 Å². The fourth-order valence-electron chi connectivity index (χ4n) is 3.53. The van der Waals surface area contributed by atoms with E-state index in [0.717, 1.165) is 45.9 Å². The van der Waals surface area contributed by atoms with Crippen molar-refractivity contribution in [2.24, 2.45) is 5.92 Å². The van der Waals surface area contributed by atoms with Crippen LogP contribution in [-0.4, -0.2) is 21.6 Å². The van der Waals surface area contributed by atoms with E-state index >= 15 is 0 Å². The predicted octanol–water partition coefficient (Wildman–Crippen LogP) is 5.29. The Morgan fingerprint density at radius 1 is 1.12 bits per heavy atom. The molecule has 0 radical (unpaired) electrons. The van der Waals surface area contributed by atoms with Gasteiger partial charge in [-0.15, -0.1) is 0 Å². The van der Waals surface area contributed by atoms with Gasteiger partial charge in [-0.3, -0.25) is 9.59 Å². The summed E-state index contributed by atoms with van der Waals surface area (Å²) in [7, 11) is 0. The number of amides is 2. The SMILES string of the molecule is CCC(C)C(=O)Nc1cccc(CNC(=O)Cc2c(C)nn(-c3ccc(C)c(Cl)c3)c2C)c1. The largest absolute Gasteiger partial charge is 0.352 e. The highest BCUT2D eigenvalue weighted by Crippen LogP contribution is 2.23. The van der Waals surface area contributed by atoms with Crippen molar-refractivity contribution >= 4 is 29.1 Å². The van der Waals surface area contributed by atoms with Gasteiger partial charge in [-0.1, -0.05) is 43.6 Å². The first-order chi connectivity index (χ1) is 15.7. The molecule has 0 saturated carbocycles. The number of aryl methyl sites for hydroxylation is 2. The number of aromatic nitrogens is 2. The van der Waals surface area contributed by atoms with Gasteiger partial charge in [-0.05, 0) is 62.6 Å². The van der Waals surface area contributed by atoms with Crippen molar-refractivity contribution in [2.75, 3.05) is 5.32 Å². The third-order valence-electron chi connectivity index (χ3n) is 5.92. The van der Waals surface area contributed by atoms with Crippen LogP contribution in [-0.2, 0) is 22.6 Å². The van der Waals surface area contributed by atoms with Crippen LogP contribution >= 0.6 is 11.6 Å². The number of hydrogen-bond acceptors (Lipinski definition) is 3. The van der Waals surface area contributed by atoms with Crippen LogP contribution in [0.15, 0.2) is 42.5 Å². The number of carbonyl (C=O) groups excluding carboxylic acids is 2. The van der Waals surface area contributed by atoms with E-state index in [2.05, 4.69) is 15.7 Å². The molecule has 2 amide bonds. The number of nitrogens with one attached hydrogen (secondary N) is 2. The lowest BCUT2D eigenvalue weighted by Gasteiger charge is -2.12. The lowest BCUT2D eigenvalue weighted by atomic mass is 10.1. The zero-order valence-electron chi connectivity index (χ0n) is 19.8. The van der Waals surface area contributed by atoms with Crippen LogP contribution in [0.1, 0.15) is 48.3 Å². The predicted molar refractivity (Wildman–Crippen MR) is 133 cm³/mol. The van der Waals surface area contributed by atoms with Gasteiger partial charge >= 0.3 is 0 Å². The quantitative estimate of drug-likeness (QED) is 0.473. The van der Waals surface area contributed by atoms with Crippen LogP contribution in [0.25, 0.3) is 5.69 Å². The summed E-state index contributed by atoms with van der Waals surface area (Å²) in [6.45, 7) is 10.1. The maximum Gasteiger partial charge on any atom is 0.227 e. The molecule has 33 heavy (non-hydrogen) atoms. The second kappa shape index (κ2) is 10.7. The van der Waals surface area contributed by atoms with E-state index in [1.807, 2.05) is 81.8 Å². The summed E-state index contributed by atoms with van der Waals surface area (Å²) < 4.78 is 1.83. The Balaban J connectivity index is 1.65. The Bertz CT molecular complexity index is 1170. The van der Waals surface area contributed by atoms with E-state index < -0.39 is 0 Å². The summed E-state index contributed by atoms with van der Waals surface area (Å²) in [6, 6.07) is 13.3. The Kier molecular flexibility index (Phi) is 7.92. The van der Waals surface area contributed by atoms with E-state index in [0.29, 0.717) is 11.6 Å². The van der Waals surface area contributed by atoms with Crippen LogP contribution in [0.2, 0.25) is 5.02 Å². The van der Waals surface area contributed by atoms with Crippen molar-refractivity contribution in [3.8, 4) is 5.69 Å². The van der Waals surface area contributed by atoms with E-state index in [-0.39, 0.29) is 24.2 Å². The molecule has 2 N–H and O–H groups in total. The molecule has 0 spiro atoms. The van der Waals surface area contributed by atoms with Gasteiger partial charge in [0.25, 0.3) is 0 Å². The molecule has 0 aliphatic rings. The van der Waals surface area contributed by atoms with Crippen molar-refractivity contribution in [3.05, 3.63) is 75.6 Å². The molecule has 0 aliphatic carbocycles. The highest BCUT2D eigenvalue weighted by atomic mass is 35.5. The number of rotatable bonds is 8. The van der Waals surface area contributed by atoms with Gasteiger partial charge in [0.05, 0.1) is 17.8 Å².